The van der Waals surface area contributed by atoms with Crippen molar-refractivity contribution in [1.29, 1.82) is 5.26 Å². The molecular formula is C15H13N5. The third kappa shape index (κ3) is 3.43. The fraction of sp³-hybridized carbons (Fsp3) is 0. The summed E-state index contributed by atoms with van der Waals surface area (Å²) in [5, 5.41) is 16.2. The van der Waals surface area contributed by atoms with Crippen LogP contribution in [0.25, 0.3) is 11.1 Å². The first-order valence-electron chi connectivity index (χ1n) is 5.91. The van der Waals surface area contributed by atoms with Crippen LogP contribution in [0.1, 0.15) is 11.1 Å². The number of hydrogen-bond acceptors (Lipinski definition) is 3. The van der Waals surface area contributed by atoms with Crippen molar-refractivity contribution in [3.05, 3.63) is 59.7 Å². The van der Waals surface area contributed by atoms with Crippen molar-refractivity contribution in [1.82, 2.24) is 0 Å². The van der Waals surface area contributed by atoms with Gasteiger partial charge < -0.3 is 11.5 Å². The van der Waals surface area contributed by atoms with Crippen LogP contribution < -0.4 is 11.5 Å². The van der Waals surface area contributed by atoms with Crippen molar-refractivity contribution >= 4 is 12.2 Å². The Bertz CT molecular complexity index is 706. The molecular weight excluding hydrogens is 250 g/mol. The van der Waals surface area contributed by atoms with Gasteiger partial charge >= 0.3 is 0 Å². The number of nitriles is 1. The van der Waals surface area contributed by atoms with Crippen molar-refractivity contribution in [2.24, 2.45) is 21.7 Å². The molecule has 0 unspecified atom stereocenters. The van der Waals surface area contributed by atoms with Gasteiger partial charge in [0.05, 0.1) is 17.8 Å². The molecule has 0 amide bonds. The maximum absolute atomic E-state index is 8.92. The average Bonchev–Trinajstić information content (AvgIpc) is 2.47. The normalized spacial score (nSPS) is 10.2. The number of benzene rings is 2. The summed E-state index contributed by atoms with van der Waals surface area (Å²) in [6, 6.07) is 17.3. The zero-order chi connectivity index (χ0) is 14.4. The van der Waals surface area contributed by atoms with E-state index in [1.165, 1.54) is 0 Å². The Balaban J connectivity index is 2.32. The van der Waals surface area contributed by atoms with E-state index in [-0.39, 0.29) is 5.96 Å². The van der Waals surface area contributed by atoms with Gasteiger partial charge in [0.1, 0.15) is 0 Å². The van der Waals surface area contributed by atoms with Gasteiger partial charge in [-0.25, -0.2) is 0 Å². The lowest BCUT2D eigenvalue weighted by atomic mass is 10.0. The fourth-order valence-corrected chi connectivity index (χ4v) is 1.73. The van der Waals surface area contributed by atoms with Crippen molar-refractivity contribution in [3.63, 3.8) is 0 Å². The minimum absolute atomic E-state index is 0.0841. The van der Waals surface area contributed by atoms with Crippen molar-refractivity contribution in [2.75, 3.05) is 0 Å². The highest BCUT2D eigenvalue weighted by atomic mass is 15.3. The molecule has 0 atom stereocenters. The molecule has 0 saturated carbocycles. The molecule has 0 spiro atoms. The van der Waals surface area contributed by atoms with Crippen LogP contribution in [0.15, 0.2) is 58.7 Å². The topological polar surface area (TPSA) is 101 Å². The quantitative estimate of drug-likeness (QED) is 0.502. The molecule has 0 radical (unpaired) electrons. The van der Waals surface area contributed by atoms with Crippen molar-refractivity contribution < 1.29 is 0 Å². The number of rotatable bonds is 3. The predicted molar refractivity (Wildman–Crippen MR) is 80.0 cm³/mol. The predicted octanol–water partition coefficient (Wildman–Crippen LogP) is 1.83. The summed E-state index contributed by atoms with van der Waals surface area (Å²) < 4.78 is 0. The highest BCUT2D eigenvalue weighted by Crippen LogP contribution is 2.21. The van der Waals surface area contributed by atoms with Gasteiger partial charge in [0.2, 0.25) is 5.96 Å². The monoisotopic (exact) mass is 263 g/mol. The molecule has 98 valence electrons. The zero-order valence-corrected chi connectivity index (χ0v) is 10.7. The number of nitrogens with two attached hydrogens (primary N) is 2. The molecule has 5 heteroatoms. The first kappa shape index (κ1) is 13.3. The minimum Gasteiger partial charge on any atom is -0.369 e. The summed E-state index contributed by atoms with van der Waals surface area (Å²) in [5.74, 6) is -0.0841. The summed E-state index contributed by atoms with van der Waals surface area (Å²) >= 11 is 0. The molecule has 0 aromatic heterocycles. The largest absolute Gasteiger partial charge is 0.369 e. The SMILES string of the molecule is N#Cc1cccc(-c2cccc(C=NN=C(N)N)c2)c1. The molecule has 5 nitrogen and oxygen atoms in total. The van der Waals surface area contributed by atoms with E-state index in [4.69, 9.17) is 16.7 Å². The standard InChI is InChI=1S/C15H13N5/c16-9-11-3-1-5-13(7-11)14-6-2-4-12(8-14)10-19-20-15(17)18/h1-8,10H,(H4,17,18,20). The molecule has 2 rings (SSSR count). The third-order valence-electron chi connectivity index (χ3n) is 2.59. The fourth-order valence-electron chi connectivity index (χ4n) is 1.73. The van der Waals surface area contributed by atoms with E-state index in [1.54, 1.807) is 12.3 Å². The van der Waals surface area contributed by atoms with E-state index in [9.17, 15) is 0 Å². The molecule has 0 saturated heterocycles. The van der Waals surface area contributed by atoms with E-state index in [0.29, 0.717) is 5.56 Å². The average molecular weight is 263 g/mol. The lowest BCUT2D eigenvalue weighted by Gasteiger charge is -2.03. The second-order valence-corrected chi connectivity index (χ2v) is 4.09. The van der Waals surface area contributed by atoms with Crippen LogP contribution in [0.3, 0.4) is 0 Å². The maximum atomic E-state index is 8.92. The first-order valence-corrected chi connectivity index (χ1v) is 5.91. The van der Waals surface area contributed by atoms with E-state index < -0.39 is 0 Å². The van der Waals surface area contributed by atoms with Crippen LogP contribution in [0.4, 0.5) is 0 Å². The molecule has 0 fully saturated rings. The summed E-state index contributed by atoms with van der Waals surface area (Å²) in [4.78, 5) is 0. The van der Waals surface area contributed by atoms with E-state index in [1.807, 2.05) is 42.5 Å². The van der Waals surface area contributed by atoms with Gasteiger partial charge in [-0.15, -0.1) is 5.10 Å². The molecule has 20 heavy (non-hydrogen) atoms. The van der Waals surface area contributed by atoms with Crippen LogP contribution in [0, 0.1) is 11.3 Å². The Kier molecular flexibility index (Phi) is 4.10. The highest BCUT2D eigenvalue weighted by Gasteiger charge is 1.99. The van der Waals surface area contributed by atoms with Crippen LogP contribution >= 0.6 is 0 Å². The first-order chi connectivity index (χ1) is 9.69. The molecule has 0 aliphatic carbocycles. The van der Waals surface area contributed by atoms with Crippen molar-refractivity contribution in [3.8, 4) is 17.2 Å². The number of guanidine groups is 1. The van der Waals surface area contributed by atoms with E-state index in [0.717, 1.165) is 16.7 Å². The zero-order valence-electron chi connectivity index (χ0n) is 10.7. The Labute approximate surface area is 116 Å². The Morgan fingerprint density at radius 2 is 1.75 bits per heavy atom. The molecule has 2 aromatic rings. The van der Waals surface area contributed by atoms with Gasteiger partial charge in [0, 0.05) is 0 Å². The van der Waals surface area contributed by atoms with Crippen LogP contribution in [0.2, 0.25) is 0 Å². The van der Waals surface area contributed by atoms with Gasteiger partial charge in [-0.1, -0.05) is 30.3 Å². The van der Waals surface area contributed by atoms with Crippen LogP contribution in [-0.4, -0.2) is 12.2 Å². The van der Waals surface area contributed by atoms with Crippen molar-refractivity contribution in [2.45, 2.75) is 0 Å². The molecule has 4 N–H and O–H groups in total. The van der Waals surface area contributed by atoms with Gasteiger partial charge in [0.25, 0.3) is 0 Å². The van der Waals surface area contributed by atoms with Crippen LogP contribution in [-0.2, 0) is 0 Å². The van der Waals surface area contributed by atoms with Gasteiger partial charge in [-0.3, -0.25) is 0 Å². The summed E-state index contributed by atoms with van der Waals surface area (Å²) in [6.07, 6.45) is 1.57. The number of nitrogens with zero attached hydrogens (tertiary/aromatic N) is 3. The van der Waals surface area contributed by atoms with Gasteiger partial charge in [0.15, 0.2) is 0 Å². The molecule has 0 heterocycles. The van der Waals surface area contributed by atoms with E-state index in [2.05, 4.69) is 16.3 Å². The Morgan fingerprint density at radius 1 is 1.05 bits per heavy atom. The molecule has 2 aromatic carbocycles. The Hall–Kier alpha value is -3.13. The maximum Gasteiger partial charge on any atom is 0.211 e. The summed E-state index contributed by atoms with van der Waals surface area (Å²) in [6.45, 7) is 0. The second kappa shape index (κ2) is 6.16. The number of hydrogen-bond donors (Lipinski definition) is 2. The second-order valence-electron chi connectivity index (χ2n) is 4.09. The van der Waals surface area contributed by atoms with Gasteiger partial charge in [-0.05, 0) is 34.9 Å². The van der Waals surface area contributed by atoms with Gasteiger partial charge in [-0.2, -0.15) is 10.4 Å². The lowest BCUT2D eigenvalue weighted by Crippen LogP contribution is -2.21. The molecule has 0 aliphatic heterocycles. The third-order valence-corrected chi connectivity index (χ3v) is 2.59. The summed E-state index contributed by atoms with van der Waals surface area (Å²) in [7, 11) is 0. The minimum atomic E-state index is -0.0841. The molecule has 0 bridgehead atoms. The smallest absolute Gasteiger partial charge is 0.211 e. The lowest BCUT2D eigenvalue weighted by molar-refractivity contribution is 1.21. The summed E-state index contributed by atoms with van der Waals surface area (Å²) in [5.41, 5.74) is 13.9. The van der Waals surface area contributed by atoms with E-state index >= 15 is 0 Å². The highest BCUT2D eigenvalue weighted by molar-refractivity contribution is 5.83. The molecule has 0 aliphatic rings. The van der Waals surface area contributed by atoms with Crippen LogP contribution in [0.5, 0.6) is 0 Å². The Morgan fingerprint density at radius 3 is 2.45 bits per heavy atom.